The minimum absolute atomic E-state index is 0. The maximum absolute atomic E-state index is 8.75. The average Bonchev–Trinajstić information content (AvgIpc) is 3.56. The smallest absolute Gasteiger partial charge is 0.216 e. The van der Waals surface area contributed by atoms with Gasteiger partial charge in [0, 0.05) is 77.8 Å². The van der Waals surface area contributed by atoms with E-state index in [4.69, 9.17) is 33.2 Å². The molecule has 265 valence electrons. The maximum Gasteiger partial charge on any atom is 0.216 e. The molecule has 50 heavy (non-hydrogen) atoms. The van der Waals surface area contributed by atoms with Gasteiger partial charge < -0.3 is 14.4 Å². The summed E-state index contributed by atoms with van der Waals surface area (Å²) in [5, 5.41) is 1.60. The Bertz CT molecular complexity index is 2780. The summed E-state index contributed by atoms with van der Waals surface area (Å²) < 4.78 is 175. The van der Waals surface area contributed by atoms with Gasteiger partial charge in [0.15, 0.2) is 0 Å². The van der Waals surface area contributed by atoms with Crippen molar-refractivity contribution in [1.82, 2.24) is 15.0 Å². The van der Waals surface area contributed by atoms with E-state index in [0.29, 0.717) is 5.39 Å². The summed E-state index contributed by atoms with van der Waals surface area (Å²) in [6.45, 7) is -5.04. The zero-order valence-electron chi connectivity index (χ0n) is 49.7. The number of furan rings is 1. The van der Waals surface area contributed by atoms with Gasteiger partial charge >= 0.3 is 0 Å². The van der Waals surface area contributed by atoms with Crippen molar-refractivity contribution < 1.29 is 53.3 Å². The number of hydrogen-bond acceptors (Lipinski definition) is 4. The van der Waals surface area contributed by atoms with Crippen molar-refractivity contribution in [3.05, 3.63) is 108 Å². The van der Waals surface area contributed by atoms with E-state index in [2.05, 4.69) is 46.7 Å². The summed E-state index contributed by atoms with van der Waals surface area (Å²) in [4.78, 5) is 12.9. The molecule has 0 unspecified atom stereocenters. The first-order valence-electron chi connectivity index (χ1n) is 26.1. The first-order valence-corrected chi connectivity index (χ1v) is 19.1. The molecule has 0 aliphatic carbocycles. The second kappa shape index (κ2) is 15.8. The predicted octanol–water partition coefficient (Wildman–Crippen LogP) is 11.7. The molecule has 1 radical (unpaired) electrons. The third-order valence-electron chi connectivity index (χ3n) is 7.55. The monoisotopic (exact) mass is 881 g/mol. The molecule has 0 spiro atoms. The van der Waals surface area contributed by atoms with Gasteiger partial charge in [0.25, 0.3) is 0 Å². The summed E-state index contributed by atoms with van der Waals surface area (Å²) in [5.74, 6) is -2.34. The van der Waals surface area contributed by atoms with E-state index in [0.717, 1.165) is 46.4 Å². The van der Waals surface area contributed by atoms with E-state index in [9.17, 15) is 0 Å². The van der Waals surface area contributed by atoms with Gasteiger partial charge in [-0.2, -0.15) is 0 Å². The molecule has 4 heterocycles. The molecule has 0 saturated carbocycles. The van der Waals surface area contributed by atoms with Gasteiger partial charge in [-0.1, -0.05) is 109 Å². The number of fused-ring (bicyclic) bond motifs is 3. The van der Waals surface area contributed by atoms with E-state index in [1.165, 1.54) is 18.2 Å². The molecule has 4 nitrogen and oxygen atoms in total. The normalized spacial score (nSPS) is 20.5. The van der Waals surface area contributed by atoms with E-state index in [1.54, 1.807) is 0 Å². The van der Waals surface area contributed by atoms with Crippen molar-refractivity contribution >= 4 is 35.3 Å². The fourth-order valence-electron chi connectivity index (χ4n) is 5.25. The van der Waals surface area contributed by atoms with Crippen LogP contribution in [0.4, 0.5) is 0 Å². The molecular weight excluding hydrogens is 807 g/mol. The Balaban J connectivity index is 0.000000382. The topological polar surface area (TPSA) is 51.8 Å². The Hall–Kier alpha value is -3.44. The number of hydrogen-bond donors (Lipinski definition) is 0. The van der Waals surface area contributed by atoms with Gasteiger partial charge in [-0.25, -0.2) is 4.98 Å². The fourth-order valence-corrected chi connectivity index (χ4v) is 6.64. The summed E-state index contributed by atoms with van der Waals surface area (Å²) in [6.07, 6.45) is -5.19. The molecule has 6 heteroatoms. The van der Waals surface area contributed by atoms with Crippen LogP contribution in [0.25, 0.3) is 44.6 Å². The molecule has 0 fully saturated rings. The quantitative estimate of drug-likeness (QED) is 0.118. The number of pyridine rings is 3. The maximum atomic E-state index is 8.75. The fraction of sp³-hybridized carbons (Fsp3) is 0.386. The van der Waals surface area contributed by atoms with Crippen LogP contribution in [-0.4, -0.2) is 23.0 Å². The van der Waals surface area contributed by atoms with Crippen LogP contribution in [0.1, 0.15) is 119 Å². The molecule has 0 bridgehead atoms. The van der Waals surface area contributed by atoms with Crippen LogP contribution in [0.2, 0.25) is 19.6 Å². The number of benzene rings is 2. The molecule has 6 rings (SSSR count). The molecule has 0 saturated heterocycles. The summed E-state index contributed by atoms with van der Waals surface area (Å²) in [6, 6.07) is 23.0. The molecule has 6 aromatic rings. The molecule has 0 aliphatic rings. The van der Waals surface area contributed by atoms with Crippen LogP contribution in [0.5, 0.6) is 0 Å². The molecule has 0 aliphatic heterocycles. The Kier molecular flexibility index (Phi) is 6.15. The Morgan fingerprint density at radius 2 is 1.66 bits per heavy atom. The van der Waals surface area contributed by atoms with Gasteiger partial charge in [0.1, 0.15) is 0 Å². The van der Waals surface area contributed by atoms with Gasteiger partial charge in [0.05, 0.1) is 13.7 Å². The summed E-state index contributed by atoms with van der Waals surface area (Å²) in [7, 11) is -1.70. The van der Waals surface area contributed by atoms with Gasteiger partial charge in [-0.05, 0) is 65.2 Å². The molecule has 2 aromatic carbocycles. The first kappa shape index (κ1) is 19.4. The van der Waals surface area contributed by atoms with Crippen molar-refractivity contribution in [3.63, 3.8) is 0 Å². The zero-order valence-corrected chi connectivity index (χ0v) is 32.1. The average molecular weight is 881 g/mol. The van der Waals surface area contributed by atoms with E-state index < -0.39 is 83.9 Å². The van der Waals surface area contributed by atoms with Crippen LogP contribution < -0.4 is 5.19 Å². The van der Waals surface area contributed by atoms with Gasteiger partial charge in [0.2, 0.25) is 5.71 Å². The van der Waals surface area contributed by atoms with Crippen molar-refractivity contribution in [3.8, 4) is 22.5 Å². The second-order valence-electron chi connectivity index (χ2n) is 13.7. The van der Waals surface area contributed by atoms with Crippen LogP contribution in [0.3, 0.4) is 0 Å². The SMILES string of the molecule is [2H]C([2H])([2H])C([2H])([2H])C(c1ccnc(-c2[c-]ccc3c2oc2nc(C(C([2H])([2H])[2H])(C([2H])([2H])[2H])C([2H])([2H])[2H])ccc23)c1)C([2H])([2H])C([2H])([2H])[2H].[2H]C([2H])(c1cc(-c2[c-]cccc2)ncc1[Si](C)(C)C)C(C)(C)C.[Ir]. The van der Waals surface area contributed by atoms with Crippen molar-refractivity contribution in [2.45, 2.75) is 105 Å². The Labute approximate surface area is 344 Å². The standard InChI is InChI=1S/C25H27N2O.C19H26NSi.Ir/c1-6-16(7-2)17-13-14-26-21(15-17)20-10-8-9-18-19-11-12-22(25(3,4)5)27-24(19)28-23(18)20;1-19(2,3)13-16-12-17(15-10-8-7-9-11-15)20-14-18(16)21(4,5)6;/h8-9,11-16H,6-7H2,1-5H3;7-10,12,14H,13H2,1-6H3;/q2*-1;/i1D3,2D3,3D3,4D3,5D3,6D2,7D2;13D2;. The largest absolute Gasteiger partial charge is 0.486 e. The van der Waals surface area contributed by atoms with Crippen LogP contribution in [0.15, 0.2) is 83.5 Å². The number of nitrogens with zero attached hydrogens (tertiary/aromatic N) is 3. The minimum Gasteiger partial charge on any atom is -0.486 e. The van der Waals surface area contributed by atoms with Crippen LogP contribution >= 0.6 is 0 Å². The number of aromatic nitrogens is 3. The first-order chi connectivity index (χ1) is 31.5. The third kappa shape index (κ3) is 9.26. The molecule has 0 amide bonds. The summed E-state index contributed by atoms with van der Waals surface area (Å²) >= 11 is 0. The predicted molar refractivity (Wildman–Crippen MR) is 210 cm³/mol. The van der Waals surface area contributed by atoms with Gasteiger partial charge in [-0.15, -0.1) is 54.1 Å². The molecular formula is C44H53IrN3OSi-2. The van der Waals surface area contributed by atoms with E-state index >= 15 is 0 Å². The van der Waals surface area contributed by atoms with E-state index in [-0.39, 0.29) is 53.6 Å². The van der Waals surface area contributed by atoms with Crippen LogP contribution in [-0.2, 0) is 31.9 Å². The Morgan fingerprint density at radius 3 is 2.32 bits per heavy atom. The molecule has 4 aromatic heterocycles. The van der Waals surface area contributed by atoms with Crippen molar-refractivity contribution in [2.75, 3.05) is 0 Å². The molecule has 0 N–H and O–H groups in total. The van der Waals surface area contributed by atoms with Crippen LogP contribution in [0, 0.1) is 17.5 Å². The molecule has 0 atom stereocenters. The minimum atomic E-state index is -3.57. The van der Waals surface area contributed by atoms with Gasteiger partial charge in [-0.3, -0.25) is 0 Å². The van der Waals surface area contributed by atoms with Crippen molar-refractivity contribution in [2.24, 2.45) is 5.41 Å². The Morgan fingerprint density at radius 1 is 0.880 bits per heavy atom. The zero-order chi connectivity index (χ0) is 53.4. The van der Waals surface area contributed by atoms with E-state index in [1.807, 2.05) is 57.3 Å². The number of rotatable bonds is 7. The second-order valence-corrected chi connectivity index (χ2v) is 18.7. The van der Waals surface area contributed by atoms with Crippen molar-refractivity contribution in [1.29, 1.82) is 0 Å². The third-order valence-corrected chi connectivity index (χ3v) is 9.57. The summed E-state index contributed by atoms with van der Waals surface area (Å²) in [5.41, 5.74) is -2.98.